The van der Waals surface area contributed by atoms with Gasteiger partial charge in [-0.3, -0.25) is 0 Å². The van der Waals surface area contributed by atoms with Gasteiger partial charge in [-0.1, -0.05) is 6.92 Å². The maximum absolute atomic E-state index is 5.49. The van der Waals surface area contributed by atoms with E-state index in [2.05, 4.69) is 33.9 Å². The third-order valence-corrected chi connectivity index (χ3v) is 3.32. The van der Waals surface area contributed by atoms with Crippen LogP contribution in [-0.2, 0) is 6.42 Å². The van der Waals surface area contributed by atoms with Gasteiger partial charge in [0.05, 0.1) is 0 Å². The van der Waals surface area contributed by atoms with Crippen molar-refractivity contribution in [3.8, 4) is 0 Å². The van der Waals surface area contributed by atoms with Crippen molar-refractivity contribution >= 4 is 23.4 Å². The first-order chi connectivity index (χ1) is 8.72. The molecular weight excluding hydrogens is 246 g/mol. The van der Waals surface area contributed by atoms with Gasteiger partial charge in [-0.15, -0.1) is 0 Å². The lowest BCUT2D eigenvalue weighted by molar-refractivity contribution is 0.829. The number of anilines is 2. The number of nitrogen functional groups attached to an aromatic ring is 1. The largest absolute Gasteiger partial charge is 0.370 e. The summed E-state index contributed by atoms with van der Waals surface area (Å²) in [5, 5.41) is 3.36. The standard InChI is InChI=1S/C12H23N5S/c1-4-6-10-15-11(14-7-5-8-18-3)9(2)12(16-10)17-13/h4-8,13H2,1-3H3,(H2,14,15,16,17). The number of hydrazine groups is 1. The Labute approximate surface area is 113 Å². The third-order valence-electron chi connectivity index (χ3n) is 2.62. The van der Waals surface area contributed by atoms with Gasteiger partial charge in [-0.05, 0) is 31.8 Å². The monoisotopic (exact) mass is 269 g/mol. The molecule has 1 rings (SSSR count). The van der Waals surface area contributed by atoms with Crippen LogP contribution in [0.2, 0.25) is 0 Å². The number of nitrogens with two attached hydrogens (primary N) is 1. The van der Waals surface area contributed by atoms with Crippen LogP contribution in [0.15, 0.2) is 0 Å². The van der Waals surface area contributed by atoms with E-state index in [4.69, 9.17) is 5.84 Å². The van der Waals surface area contributed by atoms with Gasteiger partial charge >= 0.3 is 0 Å². The summed E-state index contributed by atoms with van der Waals surface area (Å²) in [5.41, 5.74) is 3.61. The maximum atomic E-state index is 5.49. The Balaban J connectivity index is 2.77. The van der Waals surface area contributed by atoms with Crippen LogP contribution < -0.4 is 16.6 Å². The number of hydrogen-bond acceptors (Lipinski definition) is 6. The average molecular weight is 269 g/mol. The molecule has 0 saturated carbocycles. The van der Waals surface area contributed by atoms with Gasteiger partial charge in [0.2, 0.25) is 0 Å². The Morgan fingerprint density at radius 1 is 1.28 bits per heavy atom. The molecule has 1 aromatic rings. The summed E-state index contributed by atoms with van der Waals surface area (Å²) in [6, 6.07) is 0. The van der Waals surface area contributed by atoms with Gasteiger partial charge in [0.25, 0.3) is 0 Å². The molecule has 102 valence electrons. The Morgan fingerprint density at radius 2 is 2.00 bits per heavy atom. The SMILES string of the molecule is CCCc1nc(NN)c(C)c(NCCCSC)n1. The average Bonchev–Trinajstić information content (AvgIpc) is 2.38. The molecule has 0 aliphatic heterocycles. The molecule has 4 N–H and O–H groups in total. The minimum Gasteiger partial charge on any atom is -0.370 e. The number of rotatable bonds is 8. The Bertz CT molecular complexity index is 370. The first-order valence-electron chi connectivity index (χ1n) is 6.29. The molecule has 1 aromatic heterocycles. The zero-order valence-electron chi connectivity index (χ0n) is 11.4. The van der Waals surface area contributed by atoms with E-state index in [9.17, 15) is 0 Å². The molecule has 0 saturated heterocycles. The van der Waals surface area contributed by atoms with Crippen molar-refractivity contribution < 1.29 is 0 Å². The van der Waals surface area contributed by atoms with Gasteiger partial charge in [-0.25, -0.2) is 15.8 Å². The second-order valence-corrected chi connectivity index (χ2v) is 5.12. The molecule has 0 unspecified atom stereocenters. The van der Waals surface area contributed by atoms with Crippen LogP contribution in [0.25, 0.3) is 0 Å². The van der Waals surface area contributed by atoms with E-state index in [0.29, 0.717) is 5.82 Å². The minimum absolute atomic E-state index is 0.709. The Hall–Kier alpha value is -1.01. The van der Waals surface area contributed by atoms with Crippen LogP contribution in [0.5, 0.6) is 0 Å². The molecule has 6 heteroatoms. The highest BCUT2D eigenvalue weighted by molar-refractivity contribution is 7.98. The molecule has 5 nitrogen and oxygen atoms in total. The van der Waals surface area contributed by atoms with Crippen molar-refractivity contribution in [1.82, 2.24) is 9.97 Å². The number of aryl methyl sites for hydroxylation is 1. The molecule has 0 fully saturated rings. The number of nitrogens with zero attached hydrogens (tertiary/aromatic N) is 2. The second-order valence-electron chi connectivity index (χ2n) is 4.13. The lowest BCUT2D eigenvalue weighted by Crippen LogP contribution is -2.15. The van der Waals surface area contributed by atoms with E-state index in [1.54, 1.807) is 0 Å². The van der Waals surface area contributed by atoms with E-state index in [1.807, 2.05) is 18.7 Å². The minimum atomic E-state index is 0.709. The molecule has 1 heterocycles. The summed E-state index contributed by atoms with van der Waals surface area (Å²) in [6.07, 6.45) is 5.14. The summed E-state index contributed by atoms with van der Waals surface area (Å²) in [4.78, 5) is 8.94. The lowest BCUT2D eigenvalue weighted by atomic mass is 10.2. The van der Waals surface area contributed by atoms with Gasteiger partial charge in [0.1, 0.15) is 17.5 Å². The molecule has 0 atom stereocenters. The molecule has 0 aliphatic carbocycles. The molecular formula is C12H23N5S. The summed E-state index contributed by atoms with van der Waals surface area (Å²) < 4.78 is 0. The quantitative estimate of drug-likeness (QED) is 0.381. The first kappa shape index (κ1) is 15.0. The van der Waals surface area contributed by atoms with Crippen molar-refractivity contribution in [3.05, 3.63) is 11.4 Å². The predicted octanol–water partition coefficient (Wildman–Crippen LogP) is 2.19. The zero-order valence-corrected chi connectivity index (χ0v) is 12.2. The van der Waals surface area contributed by atoms with Gasteiger partial charge in [0.15, 0.2) is 0 Å². The summed E-state index contributed by atoms with van der Waals surface area (Å²) in [5.74, 6) is 9.08. The number of hydrogen-bond donors (Lipinski definition) is 3. The smallest absolute Gasteiger partial charge is 0.148 e. The fourth-order valence-corrected chi connectivity index (χ4v) is 2.07. The molecule has 0 bridgehead atoms. The highest BCUT2D eigenvalue weighted by atomic mass is 32.2. The highest BCUT2D eigenvalue weighted by Gasteiger charge is 2.09. The van der Waals surface area contributed by atoms with Crippen LogP contribution in [0.1, 0.15) is 31.2 Å². The number of thioether (sulfide) groups is 1. The predicted molar refractivity (Wildman–Crippen MR) is 80.1 cm³/mol. The number of aromatic nitrogens is 2. The molecule has 0 spiro atoms. The maximum Gasteiger partial charge on any atom is 0.148 e. The lowest BCUT2D eigenvalue weighted by Gasteiger charge is -2.13. The fraction of sp³-hybridized carbons (Fsp3) is 0.667. The van der Waals surface area contributed by atoms with Crippen LogP contribution in [0, 0.1) is 6.92 Å². The normalized spacial score (nSPS) is 10.4. The summed E-state index contributed by atoms with van der Waals surface area (Å²) >= 11 is 1.85. The van der Waals surface area contributed by atoms with E-state index in [0.717, 1.165) is 48.8 Å². The molecule has 0 amide bonds. The van der Waals surface area contributed by atoms with Crippen molar-refractivity contribution in [2.24, 2.45) is 5.84 Å². The second kappa shape index (κ2) is 8.16. The highest BCUT2D eigenvalue weighted by Crippen LogP contribution is 2.19. The van der Waals surface area contributed by atoms with Gasteiger partial charge in [0, 0.05) is 18.5 Å². The van der Waals surface area contributed by atoms with Crippen molar-refractivity contribution in [3.63, 3.8) is 0 Å². The molecule has 0 aromatic carbocycles. The molecule has 0 radical (unpaired) electrons. The Morgan fingerprint density at radius 3 is 2.61 bits per heavy atom. The molecule has 0 aliphatic rings. The number of nitrogens with one attached hydrogen (secondary N) is 2. The topological polar surface area (TPSA) is 75.9 Å². The van der Waals surface area contributed by atoms with Crippen LogP contribution in [0.3, 0.4) is 0 Å². The third kappa shape index (κ3) is 4.34. The van der Waals surface area contributed by atoms with Crippen LogP contribution in [0.4, 0.5) is 11.6 Å². The van der Waals surface area contributed by atoms with Crippen molar-refractivity contribution in [2.45, 2.75) is 33.1 Å². The summed E-state index contributed by atoms with van der Waals surface area (Å²) in [6.45, 7) is 5.01. The van der Waals surface area contributed by atoms with Crippen molar-refractivity contribution in [2.75, 3.05) is 29.3 Å². The van der Waals surface area contributed by atoms with E-state index in [-0.39, 0.29) is 0 Å². The van der Waals surface area contributed by atoms with Gasteiger partial charge in [-0.2, -0.15) is 11.8 Å². The van der Waals surface area contributed by atoms with Gasteiger partial charge < -0.3 is 10.7 Å². The van der Waals surface area contributed by atoms with Crippen molar-refractivity contribution in [1.29, 1.82) is 0 Å². The first-order valence-corrected chi connectivity index (χ1v) is 7.69. The zero-order chi connectivity index (χ0) is 13.4. The molecule has 18 heavy (non-hydrogen) atoms. The van der Waals surface area contributed by atoms with E-state index >= 15 is 0 Å². The van der Waals surface area contributed by atoms with E-state index < -0.39 is 0 Å². The van der Waals surface area contributed by atoms with Crippen LogP contribution >= 0.6 is 11.8 Å². The summed E-state index contributed by atoms with van der Waals surface area (Å²) in [7, 11) is 0. The Kier molecular flexibility index (Phi) is 6.82. The van der Waals surface area contributed by atoms with E-state index in [1.165, 1.54) is 0 Å². The van der Waals surface area contributed by atoms with Crippen LogP contribution in [-0.4, -0.2) is 28.5 Å². The fourth-order valence-electron chi connectivity index (χ4n) is 1.63.